The van der Waals surface area contributed by atoms with Gasteiger partial charge in [-0.3, -0.25) is 4.98 Å². The third-order valence-corrected chi connectivity index (χ3v) is 3.80. The molecular weight excluding hydrogens is 250 g/mol. The van der Waals surface area contributed by atoms with Crippen molar-refractivity contribution < 1.29 is 4.79 Å². The van der Waals surface area contributed by atoms with Gasteiger partial charge in [-0.25, -0.2) is 4.79 Å². The SMILES string of the molecule is Cc1ccc2cccc(NC(=O)NC3CCCC3)c2n1. The van der Waals surface area contributed by atoms with E-state index in [9.17, 15) is 4.79 Å². The minimum atomic E-state index is -0.132. The minimum absolute atomic E-state index is 0.132. The van der Waals surface area contributed by atoms with Crippen molar-refractivity contribution in [3.8, 4) is 0 Å². The lowest BCUT2D eigenvalue weighted by molar-refractivity contribution is 0.248. The molecule has 0 bridgehead atoms. The van der Waals surface area contributed by atoms with E-state index in [-0.39, 0.29) is 6.03 Å². The lowest BCUT2D eigenvalue weighted by Crippen LogP contribution is -2.36. The van der Waals surface area contributed by atoms with Crippen LogP contribution in [0.1, 0.15) is 31.4 Å². The van der Waals surface area contributed by atoms with Gasteiger partial charge in [-0.15, -0.1) is 0 Å². The summed E-state index contributed by atoms with van der Waals surface area (Å²) >= 11 is 0. The summed E-state index contributed by atoms with van der Waals surface area (Å²) in [5, 5.41) is 6.99. The fourth-order valence-electron chi connectivity index (χ4n) is 2.76. The first-order valence-electron chi connectivity index (χ1n) is 7.16. The number of anilines is 1. The molecule has 1 aliphatic carbocycles. The number of aromatic nitrogens is 1. The molecule has 2 amide bonds. The lowest BCUT2D eigenvalue weighted by Gasteiger charge is -2.14. The summed E-state index contributed by atoms with van der Waals surface area (Å²) in [6.45, 7) is 1.95. The highest BCUT2D eigenvalue weighted by molar-refractivity contribution is 5.99. The Bertz CT molecular complexity index is 633. The molecule has 20 heavy (non-hydrogen) atoms. The van der Waals surface area contributed by atoms with Gasteiger partial charge in [-0.05, 0) is 31.9 Å². The fraction of sp³-hybridized carbons (Fsp3) is 0.375. The Balaban J connectivity index is 1.79. The Labute approximate surface area is 118 Å². The van der Waals surface area contributed by atoms with E-state index in [4.69, 9.17) is 0 Å². The molecule has 0 unspecified atom stereocenters. The number of amides is 2. The molecule has 0 saturated heterocycles. The van der Waals surface area contributed by atoms with Crippen LogP contribution in [0.15, 0.2) is 30.3 Å². The number of fused-ring (bicyclic) bond motifs is 1. The van der Waals surface area contributed by atoms with Gasteiger partial charge in [0, 0.05) is 17.1 Å². The number of nitrogens with zero attached hydrogens (tertiary/aromatic N) is 1. The Morgan fingerprint density at radius 2 is 2.00 bits per heavy atom. The molecule has 1 aromatic heterocycles. The molecule has 0 spiro atoms. The van der Waals surface area contributed by atoms with Gasteiger partial charge in [0.15, 0.2) is 0 Å². The Morgan fingerprint density at radius 3 is 2.80 bits per heavy atom. The van der Waals surface area contributed by atoms with E-state index in [1.54, 1.807) is 0 Å². The second-order valence-corrected chi connectivity index (χ2v) is 5.41. The van der Waals surface area contributed by atoms with Crippen molar-refractivity contribution in [2.24, 2.45) is 0 Å². The summed E-state index contributed by atoms with van der Waals surface area (Å²) < 4.78 is 0. The monoisotopic (exact) mass is 269 g/mol. The van der Waals surface area contributed by atoms with E-state index in [0.717, 1.165) is 35.1 Å². The van der Waals surface area contributed by atoms with Crippen molar-refractivity contribution in [3.63, 3.8) is 0 Å². The van der Waals surface area contributed by atoms with Crippen LogP contribution in [0.4, 0.5) is 10.5 Å². The molecule has 0 atom stereocenters. The van der Waals surface area contributed by atoms with Crippen molar-refractivity contribution in [2.45, 2.75) is 38.6 Å². The number of pyridine rings is 1. The molecule has 1 saturated carbocycles. The summed E-state index contributed by atoms with van der Waals surface area (Å²) in [7, 11) is 0. The molecule has 1 fully saturated rings. The van der Waals surface area contributed by atoms with Gasteiger partial charge in [0.25, 0.3) is 0 Å². The second-order valence-electron chi connectivity index (χ2n) is 5.41. The third-order valence-electron chi connectivity index (χ3n) is 3.80. The number of hydrogen-bond acceptors (Lipinski definition) is 2. The number of benzene rings is 1. The number of carbonyl (C=O) groups is 1. The van der Waals surface area contributed by atoms with Crippen molar-refractivity contribution >= 4 is 22.6 Å². The predicted octanol–water partition coefficient (Wildman–Crippen LogP) is 3.61. The molecule has 104 valence electrons. The molecule has 4 heteroatoms. The average Bonchev–Trinajstić information content (AvgIpc) is 2.92. The maximum absolute atomic E-state index is 12.0. The quantitative estimate of drug-likeness (QED) is 0.875. The second kappa shape index (κ2) is 5.49. The van der Waals surface area contributed by atoms with Gasteiger partial charge < -0.3 is 10.6 Å². The van der Waals surface area contributed by atoms with Gasteiger partial charge in [-0.2, -0.15) is 0 Å². The van der Waals surface area contributed by atoms with Crippen molar-refractivity contribution in [1.29, 1.82) is 0 Å². The number of hydrogen-bond donors (Lipinski definition) is 2. The maximum Gasteiger partial charge on any atom is 0.319 e. The summed E-state index contributed by atoms with van der Waals surface area (Å²) in [6, 6.07) is 10.0. The van der Waals surface area contributed by atoms with E-state index in [0.29, 0.717) is 6.04 Å². The summed E-state index contributed by atoms with van der Waals surface area (Å²) in [5.41, 5.74) is 2.55. The zero-order valence-electron chi connectivity index (χ0n) is 11.6. The van der Waals surface area contributed by atoms with E-state index >= 15 is 0 Å². The van der Waals surface area contributed by atoms with E-state index < -0.39 is 0 Å². The fourth-order valence-corrected chi connectivity index (χ4v) is 2.76. The number of urea groups is 1. The molecule has 1 heterocycles. The predicted molar refractivity (Wildman–Crippen MR) is 80.9 cm³/mol. The smallest absolute Gasteiger partial charge is 0.319 e. The van der Waals surface area contributed by atoms with Gasteiger partial charge in [0.05, 0.1) is 11.2 Å². The molecule has 0 aliphatic heterocycles. The molecule has 1 aliphatic rings. The van der Waals surface area contributed by atoms with E-state index in [1.165, 1.54) is 12.8 Å². The van der Waals surface area contributed by atoms with E-state index in [1.807, 2.05) is 37.3 Å². The van der Waals surface area contributed by atoms with Crippen LogP contribution in [0.2, 0.25) is 0 Å². The molecule has 2 N–H and O–H groups in total. The zero-order chi connectivity index (χ0) is 13.9. The molecular formula is C16H19N3O. The molecule has 1 aromatic carbocycles. The van der Waals surface area contributed by atoms with Crippen LogP contribution in [-0.4, -0.2) is 17.1 Å². The zero-order valence-corrected chi connectivity index (χ0v) is 11.6. The van der Waals surface area contributed by atoms with Crippen LogP contribution in [0, 0.1) is 6.92 Å². The van der Waals surface area contributed by atoms with Crippen LogP contribution in [0.3, 0.4) is 0 Å². The van der Waals surface area contributed by atoms with Crippen LogP contribution < -0.4 is 10.6 Å². The van der Waals surface area contributed by atoms with Crippen LogP contribution in [0.25, 0.3) is 10.9 Å². The van der Waals surface area contributed by atoms with E-state index in [2.05, 4.69) is 15.6 Å². The minimum Gasteiger partial charge on any atom is -0.335 e. The number of aryl methyl sites for hydroxylation is 1. The molecule has 0 radical (unpaired) electrons. The first-order valence-corrected chi connectivity index (χ1v) is 7.16. The Kier molecular flexibility index (Phi) is 3.54. The first-order chi connectivity index (χ1) is 9.72. The first kappa shape index (κ1) is 12.9. The average molecular weight is 269 g/mol. The van der Waals surface area contributed by atoms with Gasteiger partial charge in [0.2, 0.25) is 0 Å². The normalized spacial score (nSPS) is 15.4. The summed E-state index contributed by atoms with van der Waals surface area (Å²) in [6.07, 6.45) is 4.58. The van der Waals surface area contributed by atoms with Gasteiger partial charge >= 0.3 is 6.03 Å². The molecule has 2 aromatic rings. The topological polar surface area (TPSA) is 54.0 Å². The van der Waals surface area contributed by atoms with Crippen molar-refractivity contribution in [3.05, 3.63) is 36.0 Å². The number of carbonyl (C=O) groups excluding carboxylic acids is 1. The van der Waals surface area contributed by atoms with Gasteiger partial charge in [-0.1, -0.05) is 31.0 Å². The van der Waals surface area contributed by atoms with Gasteiger partial charge in [0.1, 0.15) is 0 Å². The Hall–Kier alpha value is -2.10. The molecule has 4 nitrogen and oxygen atoms in total. The third kappa shape index (κ3) is 2.74. The highest BCUT2D eigenvalue weighted by atomic mass is 16.2. The molecule has 3 rings (SSSR count). The standard InChI is InChI=1S/C16H19N3O/c1-11-9-10-12-5-4-8-14(15(12)17-11)19-16(20)18-13-6-2-3-7-13/h4-5,8-10,13H,2-3,6-7H2,1H3,(H2,18,19,20). The number of nitrogens with one attached hydrogen (secondary N) is 2. The highest BCUT2D eigenvalue weighted by Crippen LogP contribution is 2.22. The summed E-state index contributed by atoms with van der Waals surface area (Å²) in [4.78, 5) is 16.6. The van der Waals surface area contributed by atoms with Crippen LogP contribution >= 0.6 is 0 Å². The highest BCUT2D eigenvalue weighted by Gasteiger charge is 2.17. The number of rotatable bonds is 2. The van der Waals surface area contributed by atoms with Crippen LogP contribution in [-0.2, 0) is 0 Å². The summed E-state index contributed by atoms with van der Waals surface area (Å²) in [5.74, 6) is 0. The Morgan fingerprint density at radius 1 is 1.20 bits per heavy atom. The maximum atomic E-state index is 12.0. The van der Waals surface area contributed by atoms with Crippen LogP contribution in [0.5, 0.6) is 0 Å². The van der Waals surface area contributed by atoms with Crippen molar-refractivity contribution in [1.82, 2.24) is 10.3 Å². The van der Waals surface area contributed by atoms with Crippen molar-refractivity contribution in [2.75, 3.05) is 5.32 Å². The lowest BCUT2D eigenvalue weighted by atomic mass is 10.2. The largest absolute Gasteiger partial charge is 0.335 e. The number of para-hydroxylation sites is 1.